The topological polar surface area (TPSA) is 21.3 Å². The van der Waals surface area contributed by atoms with Gasteiger partial charge in [-0.2, -0.15) is 0 Å². The Balaban J connectivity index is 2.35. The van der Waals surface area contributed by atoms with E-state index in [-0.39, 0.29) is 18.0 Å². The number of likely N-dealkylation sites (N-methyl/N-ethyl adjacent to an activating group) is 1. The van der Waals surface area contributed by atoms with E-state index in [0.717, 1.165) is 17.7 Å². The summed E-state index contributed by atoms with van der Waals surface area (Å²) in [6.07, 6.45) is -0.155. The molecule has 0 heterocycles. The van der Waals surface area contributed by atoms with Gasteiger partial charge < -0.3 is 10.1 Å². The summed E-state index contributed by atoms with van der Waals surface area (Å²) in [7, 11) is 1.68. The molecule has 20 heavy (non-hydrogen) atoms. The maximum Gasteiger partial charge on any atom is 0.123 e. The summed E-state index contributed by atoms with van der Waals surface area (Å²) in [6.45, 7) is 2.82. The highest BCUT2D eigenvalue weighted by molar-refractivity contribution is 5.27. The summed E-state index contributed by atoms with van der Waals surface area (Å²) in [4.78, 5) is 0. The molecule has 2 unspecified atom stereocenters. The summed E-state index contributed by atoms with van der Waals surface area (Å²) in [5.41, 5.74) is 1.97. The van der Waals surface area contributed by atoms with E-state index in [9.17, 15) is 4.39 Å². The highest BCUT2D eigenvalue weighted by atomic mass is 19.1. The van der Waals surface area contributed by atoms with Gasteiger partial charge in [0, 0.05) is 7.11 Å². The van der Waals surface area contributed by atoms with Gasteiger partial charge in [0.15, 0.2) is 0 Å². The Morgan fingerprint density at radius 3 is 2.35 bits per heavy atom. The number of nitrogens with one attached hydrogen (secondary N) is 1. The Labute approximate surface area is 119 Å². The first-order chi connectivity index (χ1) is 9.76. The van der Waals surface area contributed by atoms with Crippen LogP contribution in [-0.2, 0) is 4.74 Å². The highest BCUT2D eigenvalue weighted by Crippen LogP contribution is 2.31. The van der Waals surface area contributed by atoms with Gasteiger partial charge in [0.2, 0.25) is 0 Å². The minimum atomic E-state index is -0.228. The number of halogens is 1. The van der Waals surface area contributed by atoms with Crippen molar-refractivity contribution in [2.24, 2.45) is 0 Å². The third-order valence-corrected chi connectivity index (χ3v) is 3.32. The van der Waals surface area contributed by atoms with Crippen LogP contribution in [0.5, 0.6) is 0 Å². The second-order valence-corrected chi connectivity index (χ2v) is 4.66. The molecular weight excluding hydrogens is 253 g/mol. The SMILES string of the molecule is CCNC(c1cccc(F)c1)C(OC)c1ccccc1. The van der Waals surface area contributed by atoms with Crippen molar-refractivity contribution in [3.05, 3.63) is 71.5 Å². The van der Waals surface area contributed by atoms with E-state index in [1.165, 1.54) is 6.07 Å². The average molecular weight is 273 g/mol. The molecule has 3 heteroatoms. The van der Waals surface area contributed by atoms with E-state index in [2.05, 4.69) is 5.32 Å². The zero-order chi connectivity index (χ0) is 14.4. The average Bonchev–Trinajstić information content (AvgIpc) is 2.48. The Bertz CT molecular complexity index is 530. The fourth-order valence-corrected chi connectivity index (χ4v) is 2.43. The number of benzene rings is 2. The molecule has 0 amide bonds. The zero-order valence-electron chi connectivity index (χ0n) is 11.8. The summed E-state index contributed by atoms with van der Waals surface area (Å²) < 4.78 is 19.1. The Morgan fingerprint density at radius 1 is 1.05 bits per heavy atom. The fourth-order valence-electron chi connectivity index (χ4n) is 2.43. The van der Waals surface area contributed by atoms with Crippen molar-refractivity contribution >= 4 is 0 Å². The number of ether oxygens (including phenoxy) is 1. The van der Waals surface area contributed by atoms with Gasteiger partial charge in [-0.1, -0.05) is 49.4 Å². The van der Waals surface area contributed by atoms with Crippen LogP contribution < -0.4 is 5.32 Å². The Hall–Kier alpha value is -1.71. The Morgan fingerprint density at radius 2 is 1.75 bits per heavy atom. The molecule has 0 aliphatic rings. The maximum atomic E-state index is 13.5. The van der Waals surface area contributed by atoms with E-state index in [1.807, 2.05) is 43.3 Å². The molecule has 0 spiro atoms. The van der Waals surface area contributed by atoms with Crippen LogP contribution in [0.4, 0.5) is 4.39 Å². The zero-order valence-corrected chi connectivity index (χ0v) is 11.8. The molecule has 0 aromatic heterocycles. The van der Waals surface area contributed by atoms with Crippen LogP contribution in [-0.4, -0.2) is 13.7 Å². The first kappa shape index (κ1) is 14.7. The molecule has 0 bridgehead atoms. The second kappa shape index (κ2) is 7.17. The quantitative estimate of drug-likeness (QED) is 0.862. The molecule has 0 aliphatic carbocycles. The molecule has 0 saturated heterocycles. The number of hydrogen-bond acceptors (Lipinski definition) is 2. The van der Waals surface area contributed by atoms with Crippen LogP contribution in [0.15, 0.2) is 54.6 Å². The molecule has 1 N–H and O–H groups in total. The number of methoxy groups -OCH3 is 1. The van der Waals surface area contributed by atoms with Gasteiger partial charge in [-0.15, -0.1) is 0 Å². The molecule has 0 radical (unpaired) electrons. The molecule has 2 atom stereocenters. The smallest absolute Gasteiger partial charge is 0.123 e. The molecular formula is C17H20FNO. The monoisotopic (exact) mass is 273 g/mol. The molecule has 2 nitrogen and oxygen atoms in total. The maximum absolute atomic E-state index is 13.5. The first-order valence-corrected chi connectivity index (χ1v) is 6.83. The van der Waals surface area contributed by atoms with Crippen molar-refractivity contribution < 1.29 is 9.13 Å². The summed E-state index contributed by atoms with van der Waals surface area (Å²) >= 11 is 0. The van der Waals surface area contributed by atoms with Gasteiger partial charge in [0.1, 0.15) is 11.9 Å². The van der Waals surface area contributed by atoms with Crippen LogP contribution in [0.1, 0.15) is 30.2 Å². The van der Waals surface area contributed by atoms with Crippen molar-refractivity contribution in [3.8, 4) is 0 Å². The van der Waals surface area contributed by atoms with Crippen LogP contribution >= 0.6 is 0 Å². The van der Waals surface area contributed by atoms with Gasteiger partial charge >= 0.3 is 0 Å². The third kappa shape index (κ3) is 3.44. The van der Waals surface area contributed by atoms with Crippen molar-refractivity contribution in [2.75, 3.05) is 13.7 Å². The van der Waals surface area contributed by atoms with E-state index >= 15 is 0 Å². The lowest BCUT2D eigenvalue weighted by Crippen LogP contribution is -2.28. The number of hydrogen-bond donors (Lipinski definition) is 1. The normalized spacial score (nSPS) is 13.9. The van der Waals surface area contributed by atoms with Gasteiger partial charge in [0.05, 0.1) is 6.04 Å². The van der Waals surface area contributed by atoms with E-state index in [1.54, 1.807) is 19.2 Å². The van der Waals surface area contributed by atoms with E-state index in [0.29, 0.717) is 0 Å². The van der Waals surface area contributed by atoms with Crippen LogP contribution in [0, 0.1) is 5.82 Å². The second-order valence-electron chi connectivity index (χ2n) is 4.66. The van der Waals surface area contributed by atoms with Crippen LogP contribution in [0.3, 0.4) is 0 Å². The molecule has 106 valence electrons. The van der Waals surface area contributed by atoms with Gasteiger partial charge in [0.25, 0.3) is 0 Å². The van der Waals surface area contributed by atoms with Gasteiger partial charge in [-0.25, -0.2) is 4.39 Å². The summed E-state index contributed by atoms with van der Waals surface area (Å²) in [5.74, 6) is -0.228. The lowest BCUT2D eigenvalue weighted by atomic mass is 9.95. The van der Waals surface area contributed by atoms with Crippen LogP contribution in [0.2, 0.25) is 0 Å². The van der Waals surface area contributed by atoms with Crippen molar-refractivity contribution in [1.29, 1.82) is 0 Å². The lowest BCUT2D eigenvalue weighted by Gasteiger charge is -2.27. The van der Waals surface area contributed by atoms with Crippen molar-refractivity contribution in [2.45, 2.75) is 19.1 Å². The van der Waals surface area contributed by atoms with Crippen molar-refractivity contribution in [1.82, 2.24) is 5.32 Å². The standard InChI is InChI=1S/C17H20FNO/c1-3-19-16(14-10-7-11-15(18)12-14)17(20-2)13-8-5-4-6-9-13/h4-12,16-17,19H,3H2,1-2H3. The molecule has 2 rings (SSSR count). The molecule has 0 saturated carbocycles. The fraction of sp³-hybridized carbons (Fsp3) is 0.294. The predicted molar refractivity (Wildman–Crippen MR) is 79.0 cm³/mol. The third-order valence-electron chi connectivity index (χ3n) is 3.32. The summed E-state index contributed by atoms with van der Waals surface area (Å²) in [5, 5.41) is 3.38. The van der Waals surface area contributed by atoms with E-state index in [4.69, 9.17) is 4.74 Å². The summed E-state index contributed by atoms with van der Waals surface area (Å²) in [6, 6.07) is 16.6. The molecule has 0 fully saturated rings. The molecule has 2 aromatic carbocycles. The number of rotatable bonds is 6. The largest absolute Gasteiger partial charge is 0.375 e. The van der Waals surface area contributed by atoms with E-state index < -0.39 is 0 Å². The van der Waals surface area contributed by atoms with Crippen molar-refractivity contribution in [3.63, 3.8) is 0 Å². The molecule has 0 aliphatic heterocycles. The van der Waals surface area contributed by atoms with Crippen LogP contribution in [0.25, 0.3) is 0 Å². The highest BCUT2D eigenvalue weighted by Gasteiger charge is 2.24. The minimum absolute atomic E-state index is 0.0805. The predicted octanol–water partition coefficient (Wildman–Crippen LogP) is 3.86. The lowest BCUT2D eigenvalue weighted by molar-refractivity contribution is 0.0680. The van der Waals surface area contributed by atoms with Gasteiger partial charge in [-0.3, -0.25) is 0 Å². The molecule has 2 aromatic rings. The minimum Gasteiger partial charge on any atom is -0.375 e. The Kier molecular flexibility index (Phi) is 5.27. The van der Waals surface area contributed by atoms with Gasteiger partial charge in [-0.05, 0) is 29.8 Å². The first-order valence-electron chi connectivity index (χ1n) is 6.83.